The predicted octanol–water partition coefficient (Wildman–Crippen LogP) is 1.28. The summed E-state index contributed by atoms with van der Waals surface area (Å²) >= 11 is 0. The van der Waals surface area contributed by atoms with Crippen LogP contribution in [0.15, 0.2) is 41.2 Å². The van der Waals surface area contributed by atoms with Gasteiger partial charge in [0.1, 0.15) is 0 Å². The van der Waals surface area contributed by atoms with Gasteiger partial charge in [-0.1, -0.05) is 24.3 Å². The first-order valence-electron chi connectivity index (χ1n) is 7.17. The maximum absolute atomic E-state index is 11.5. The molecule has 110 valence electrons. The van der Waals surface area contributed by atoms with E-state index in [2.05, 4.69) is 22.1 Å². The molecule has 21 heavy (non-hydrogen) atoms. The summed E-state index contributed by atoms with van der Waals surface area (Å²) in [5, 5.41) is 4.36. The maximum atomic E-state index is 11.5. The third-order valence-electron chi connectivity index (χ3n) is 3.75. The third-order valence-corrected chi connectivity index (χ3v) is 3.75. The van der Waals surface area contributed by atoms with Crippen molar-refractivity contribution in [1.29, 1.82) is 0 Å². The van der Waals surface area contributed by atoms with Crippen molar-refractivity contribution in [2.75, 3.05) is 26.3 Å². The third kappa shape index (κ3) is 3.20. The summed E-state index contributed by atoms with van der Waals surface area (Å²) in [5.41, 5.74) is 3.05. The molecular formula is C16H19N3O2. The quantitative estimate of drug-likeness (QED) is 0.852. The Morgan fingerprint density at radius 3 is 2.67 bits per heavy atom. The van der Waals surface area contributed by atoms with Crippen LogP contribution < -0.4 is 5.56 Å². The van der Waals surface area contributed by atoms with E-state index in [1.807, 2.05) is 12.1 Å². The highest BCUT2D eigenvalue weighted by Crippen LogP contribution is 2.22. The van der Waals surface area contributed by atoms with Crippen molar-refractivity contribution in [2.45, 2.75) is 6.54 Å². The second kappa shape index (κ2) is 6.20. The zero-order chi connectivity index (χ0) is 14.7. The molecule has 3 rings (SSSR count). The molecule has 0 aliphatic carbocycles. The number of nitrogens with zero attached hydrogens (tertiary/aromatic N) is 3. The molecule has 1 fully saturated rings. The molecule has 0 bridgehead atoms. The minimum atomic E-state index is -0.0931. The van der Waals surface area contributed by atoms with Gasteiger partial charge in [0.25, 0.3) is 5.56 Å². The Balaban J connectivity index is 1.91. The molecule has 1 aromatic heterocycles. The van der Waals surface area contributed by atoms with E-state index in [1.54, 1.807) is 19.2 Å². The van der Waals surface area contributed by atoms with Crippen molar-refractivity contribution in [1.82, 2.24) is 14.7 Å². The van der Waals surface area contributed by atoms with Gasteiger partial charge >= 0.3 is 0 Å². The molecular weight excluding hydrogens is 266 g/mol. The average molecular weight is 285 g/mol. The van der Waals surface area contributed by atoms with E-state index in [0.717, 1.165) is 44.1 Å². The Labute approximate surface area is 123 Å². The van der Waals surface area contributed by atoms with E-state index >= 15 is 0 Å². The Morgan fingerprint density at radius 1 is 1.14 bits per heavy atom. The Kier molecular flexibility index (Phi) is 4.13. The summed E-state index contributed by atoms with van der Waals surface area (Å²) in [6.45, 7) is 4.37. The van der Waals surface area contributed by atoms with Crippen LogP contribution in [-0.2, 0) is 18.3 Å². The van der Waals surface area contributed by atoms with Gasteiger partial charge in [-0.15, -0.1) is 0 Å². The first kappa shape index (κ1) is 14.0. The molecule has 1 aliphatic heterocycles. The number of hydrogen-bond donors (Lipinski definition) is 0. The normalized spacial score (nSPS) is 16.0. The molecule has 0 radical (unpaired) electrons. The van der Waals surface area contributed by atoms with Gasteiger partial charge in [0, 0.05) is 38.3 Å². The molecule has 1 aliphatic rings. The largest absolute Gasteiger partial charge is 0.379 e. The van der Waals surface area contributed by atoms with Crippen molar-refractivity contribution in [3.05, 3.63) is 52.3 Å². The molecule has 0 amide bonds. The van der Waals surface area contributed by atoms with Crippen molar-refractivity contribution in [3.63, 3.8) is 0 Å². The molecule has 1 saturated heterocycles. The smallest absolute Gasteiger partial charge is 0.266 e. The number of benzene rings is 1. The lowest BCUT2D eigenvalue weighted by Gasteiger charge is -2.27. The average Bonchev–Trinajstić information content (AvgIpc) is 2.52. The summed E-state index contributed by atoms with van der Waals surface area (Å²) in [7, 11) is 1.68. The summed E-state index contributed by atoms with van der Waals surface area (Å²) in [5.74, 6) is 0. The number of rotatable bonds is 3. The number of ether oxygens (including phenoxy) is 1. The predicted molar refractivity (Wildman–Crippen MR) is 81.0 cm³/mol. The lowest BCUT2D eigenvalue weighted by atomic mass is 10.0. The Morgan fingerprint density at radius 2 is 1.90 bits per heavy atom. The van der Waals surface area contributed by atoms with E-state index in [1.165, 1.54) is 10.2 Å². The molecule has 0 N–H and O–H groups in total. The molecule has 5 nitrogen and oxygen atoms in total. The van der Waals surface area contributed by atoms with Gasteiger partial charge in [0.15, 0.2) is 0 Å². The minimum Gasteiger partial charge on any atom is -0.379 e. The summed E-state index contributed by atoms with van der Waals surface area (Å²) in [6, 6.07) is 11.6. The fraction of sp³-hybridized carbons (Fsp3) is 0.375. The molecule has 1 aromatic carbocycles. The SMILES string of the molecule is Cn1nc(-c2ccccc2CN2CCOCC2)ccc1=O. The van der Waals surface area contributed by atoms with Crippen LogP contribution in [0.4, 0.5) is 0 Å². The highest BCUT2D eigenvalue weighted by Gasteiger charge is 2.14. The van der Waals surface area contributed by atoms with E-state index in [-0.39, 0.29) is 5.56 Å². The first-order valence-corrected chi connectivity index (χ1v) is 7.17. The lowest BCUT2D eigenvalue weighted by Crippen LogP contribution is -2.35. The van der Waals surface area contributed by atoms with Crippen LogP contribution in [0.5, 0.6) is 0 Å². The molecule has 0 saturated carbocycles. The zero-order valence-electron chi connectivity index (χ0n) is 12.2. The number of aryl methyl sites for hydroxylation is 1. The monoisotopic (exact) mass is 285 g/mol. The second-order valence-corrected chi connectivity index (χ2v) is 5.23. The van der Waals surface area contributed by atoms with Crippen LogP contribution in [0, 0.1) is 0 Å². The van der Waals surface area contributed by atoms with Crippen LogP contribution in [0.3, 0.4) is 0 Å². The van der Waals surface area contributed by atoms with Gasteiger partial charge in [-0.25, -0.2) is 4.68 Å². The van der Waals surface area contributed by atoms with Crippen molar-refractivity contribution in [2.24, 2.45) is 7.05 Å². The van der Waals surface area contributed by atoms with E-state index in [0.29, 0.717) is 0 Å². The van der Waals surface area contributed by atoms with Gasteiger partial charge in [-0.05, 0) is 11.6 Å². The lowest BCUT2D eigenvalue weighted by molar-refractivity contribution is 0.0342. The van der Waals surface area contributed by atoms with Crippen LogP contribution in [0.1, 0.15) is 5.56 Å². The fourth-order valence-corrected chi connectivity index (χ4v) is 2.55. The van der Waals surface area contributed by atoms with Crippen molar-refractivity contribution in [3.8, 4) is 11.3 Å². The van der Waals surface area contributed by atoms with E-state index in [4.69, 9.17) is 4.74 Å². The molecule has 0 atom stereocenters. The fourth-order valence-electron chi connectivity index (χ4n) is 2.55. The first-order chi connectivity index (χ1) is 10.2. The number of morpholine rings is 1. The van der Waals surface area contributed by atoms with Gasteiger partial charge < -0.3 is 4.74 Å². The summed E-state index contributed by atoms with van der Waals surface area (Å²) in [6.07, 6.45) is 0. The zero-order valence-corrected chi connectivity index (χ0v) is 12.2. The maximum Gasteiger partial charge on any atom is 0.266 e. The number of aromatic nitrogens is 2. The van der Waals surface area contributed by atoms with E-state index < -0.39 is 0 Å². The van der Waals surface area contributed by atoms with Gasteiger partial charge in [0.05, 0.1) is 18.9 Å². The highest BCUT2D eigenvalue weighted by molar-refractivity contribution is 5.62. The minimum absolute atomic E-state index is 0.0931. The standard InChI is InChI=1S/C16H19N3O2/c1-18-16(20)7-6-15(17-18)14-5-3-2-4-13(14)12-19-8-10-21-11-9-19/h2-7H,8-12H2,1H3. The van der Waals surface area contributed by atoms with Crippen LogP contribution in [-0.4, -0.2) is 41.0 Å². The summed E-state index contributed by atoms with van der Waals surface area (Å²) in [4.78, 5) is 13.9. The van der Waals surface area contributed by atoms with Crippen LogP contribution >= 0.6 is 0 Å². The van der Waals surface area contributed by atoms with Crippen LogP contribution in [0.2, 0.25) is 0 Å². The topological polar surface area (TPSA) is 47.4 Å². The Hall–Kier alpha value is -1.98. The van der Waals surface area contributed by atoms with Crippen molar-refractivity contribution < 1.29 is 4.74 Å². The van der Waals surface area contributed by atoms with Crippen LogP contribution in [0.25, 0.3) is 11.3 Å². The highest BCUT2D eigenvalue weighted by atomic mass is 16.5. The molecule has 5 heteroatoms. The van der Waals surface area contributed by atoms with Gasteiger partial charge in [-0.3, -0.25) is 9.69 Å². The molecule has 2 aromatic rings. The summed E-state index contributed by atoms with van der Waals surface area (Å²) < 4.78 is 6.76. The number of hydrogen-bond acceptors (Lipinski definition) is 4. The molecule has 2 heterocycles. The molecule has 0 spiro atoms. The van der Waals surface area contributed by atoms with Gasteiger partial charge in [-0.2, -0.15) is 5.10 Å². The molecule has 0 unspecified atom stereocenters. The second-order valence-electron chi connectivity index (χ2n) is 5.23. The van der Waals surface area contributed by atoms with Gasteiger partial charge in [0.2, 0.25) is 0 Å². The Bertz CT molecular complexity index is 675. The van der Waals surface area contributed by atoms with E-state index in [9.17, 15) is 4.79 Å². The van der Waals surface area contributed by atoms with Crippen molar-refractivity contribution >= 4 is 0 Å².